The van der Waals surface area contributed by atoms with Gasteiger partial charge in [-0.25, -0.2) is 4.98 Å². The van der Waals surface area contributed by atoms with Crippen LogP contribution in [-0.4, -0.2) is 22.5 Å². The van der Waals surface area contributed by atoms with Gasteiger partial charge in [0.25, 0.3) is 11.5 Å². The Bertz CT molecular complexity index is 1450. The van der Waals surface area contributed by atoms with Crippen LogP contribution < -0.4 is 10.5 Å². The van der Waals surface area contributed by atoms with Crippen molar-refractivity contribution in [3.8, 4) is 5.69 Å². The van der Waals surface area contributed by atoms with Gasteiger partial charge in [-0.15, -0.1) is 0 Å². The number of likely N-dealkylation sites (N-methyl/N-ethyl adjacent to an activating group) is 1. The highest BCUT2D eigenvalue weighted by molar-refractivity contribution is 6.35. The van der Waals surface area contributed by atoms with E-state index in [-0.39, 0.29) is 11.5 Å². The summed E-state index contributed by atoms with van der Waals surface area (Å²) in [5, 5.41) is 1.08. The van der Waals surface area contributed by atoms with Crippen molar-refractivity contribution in [3.63, 3.8) is 0 Å². The first-order chi connectivity index (χ1) is 14.9. The van der Waals surface area contributed by atoms with Crippen LogP contribution in [0.1, 0.15) is 17.0 Å². The van der Waals surface area contributed by atoms with Crippen LogP contribution in [0.25, 0.3) is 28.2 Å². The lowest BCUT2D eigenvalue weighted by atomic mass is 10.0. The van der Waals surface area contributed by atoms with Crippen molar-refractivity contribution in [2.24, 2.45) is 0 Å². The van der Waals surface area contributed by atoms with Crippen molar-refractivity contribution in [1.82, 2.24) is 9.55 Å². The Morgan fingerprint density at radius 3 is 2.48 bits per heavy atom. The highest BCUT2D eigenvalue weighted by atomic mass is 35.5. The van der Waals surface area contributed by atoms with Gasteiger partial charge in [-0.05, 0) is 61.5 Å². The number of amides is 1. The van der Waals surface area contributed by atoms with Gasteiger partial charge in [-0.1, -0.05) is 35.4 Å². The number of hydrogen-bond donors (Lipinski definition) is 0. The van der Waals surface area contributed by atoms with Crippen molar-refractivity contribution in [2.75, 3.05) is 11.9 Å². The first-order valence-electron chi connectivity index (χ1n) is 9.82. The zero-order valence-corrected chi connectivity index (χ0v) is 17.7. The minimum atomic E-state index is -0.206. The summed E-state index contributed by atoms with van der Waals surface area (Å²) in [5.74, 6) is 0.253. The molecule has 4 aromatic rings. The molecule has 1 aliphatic rings. The number of para-hydroxylation sites is 1. The molecule has 5 nitrogen and oxygen atoms in total. The smallest absolute Gasteiger partial charge is 0.266 e. The Kier molecular flexibility index (Phi) is 4.49. The number of anilines is 1. The molecule has 0 N–H and O–H groups in total. The van der Waals surface area contributed by atoms with Crippen LogP contribution in [0.15, 0.2) is 71.5 Å². The minimum absolute atomic E-state index is 0.134. The first kappa shape index (κ1) is 19.3. The molecule has 152 valence electrons. The molecule has 1 aromatic heterocycles. The predicted molar refractivity (Wildman–Crippen MR) is 125 cm³/mol. The molecule has 3 aromatic carbocycles. The fourth-order valence-electron chi connectivity index (χ4n) is 3.92. The van der Waals surface area contributed by atoms with E-state index >= 15 is 0 Å². The lowest BCUT2D eigenvalue weighted by Gasteiger charge is -2.12. The third-order valence-electron chi connectivity index (χ3n) is 5.50. The highest BCUT2D eigenvalue weighted by Crippen LogP contribution is 2.37. The SMILES string of the molecule is Cc1ccc2c(c1)C(=Cc1nc3ccccc3c(=O)n1-c1ccc(Cl)cc1)C(=O)N2C. The van der Waals surface area contributed by atoms with E-state index in [1.165, 1.54) is 4.57 Å². The maximum atomic E-state index is 13.4. The van der Waals surface area contributed by atoms with Crippen molar-refractivity contribution < 1.29 is 4.79 Å². The number of halogens is 1. The first-order valence-corrected chi connectivity index (χ1v) is 10.2. The Hall–Kier alpha value is -3.70. The minimum Gasteiger partial charge on any atom is -0.311 e. The summed E-state index contributed by atoms with van der Waals surface area (Å²) in [6.45, 7) is 1.98. The molecule has 1 aliphatic heterocycles. The zero-order chi connectivity index (χ0) is 21.7. The molecule has 0 saturated heterocycles. The van der Waals surface area contributed by atoms with E-state index in [0.717, 1.165) is 16.8 Å². The molecule has 0 aliphatic carbocycles. The summed E-state index contributed by atoms with van der Waals surface area (Å²) in [7, 11) is 1.75. The number of hydrogen-bond acceptors (Lipinski definition) is 3. The van der Waals surface area contributed by atoms with E-state index < -0.39 is 0 Å². The summed E-state index contributed by atoms with van der Waals surface area (Å²) in [6.07, 6.45) is 1.70. The molecule has 0 spiro atoms. The quantitative estimate of drug-likeness (QED) is 0.429. The second-order valence-electron chi connectivity index (χ2n) is 7.55. The van der Waals surface area contributed by atoms with Crippen molar-refractivity contribution in [2.45, 2.75) is 6.92 Å². The van der Waals surface area contributed by atoms with E-state index in [1.807, 2.05) is 37.3 Å². The molecule has 6 heteroatoms. The van der Waals surface area contributed by atoms with E-state index in [0.29, 0.717) is 33.0 Å². The van der Waals surface area contributed by atoms with Crippen LogP contribution in [0.5, 0.6) is 0 Å². The molecule has 5 rings (SSSR count). The van der Waals surface area contributed by atoms with Gasteiger partial charge in [0, 0.05) is 17.6 Å². The lowest BCUT2D eigenvalue weighted by Crippen LogP contribution is -2.23. The molecule has 31 heavy (non-hydrogen) atoms. The van der Waals surface area contributed by atoms with E-state index in [2.05, 4.69) is 0 Å². The number of rotatable bonds is 2. The molecule has 0 atom stereocenters. The van der Waals surface area contributed by atoms with Gasteiger partial charge in [-0.3, -0.25) is 14.2 Å². The zero-order valence-electron chi connectivity index (χ0n) is 17.0. The van der Waals surface area contributed by atoms with Crippen LogP contribution in [0.2, 0.25) is 5.02 Å². The van der Waals surface area contributed by atoms with Gasteiger partial charge in [0.05, 0.1) is 27.9 Å². The predicted octanol–water partition coefficient (Wildman–Crippen LogP) is 4.86. The molecule has 0 radical (unpaired) electrons. The third kappa shape index (κ3) is 3.14. The number of benzene rings is 3. The van der Waals surface area contributed by atoms with Gasteiger partial charge >= 0.3 is 0 Å². The van der Waals surface area contributed by atoms with Crippen molar-refractivity contribution in [1.29, 1.82) is 0 Å². The summed E-state index contributed by atoms with van der Waals surface area (Å²) in [6, 6.07) is 20.1. The summed E-state index contributed by atoms with van der Waals surface area (Å²) < 4.78 is 1.52. The van der Waals surface area contributed by atoms with Gasteiger partial charge in [0.15, 0.2) is 0 Å². The Morgan fingerprint density at radius 1 is 0.968 bits per heavy atom. The van der Waals surface area contributed by atoms with E-state index in [4.69, 9.17) is 16.6 Å². The fourth-order valence-corrected chi connectivity index (χ4v) is 4.04. The molecule has 1 amide bonds. The molecule has 0 unspecified atom stereocenters. The van der Waals surface area contributed by atoms with Gasteiger partial charge < -0.3 is 4.90 Å². The normalized spacial score (nSPS) is 14.5. The van der Waals surface area contributed by atoms with Gasteiger partial charge in [0.1, 0.15) is 5.82 Å². The number of aryl methyl sites for hydroxylation is 1. The van der Waals surface area contributed by atoms with E-state index in [9.17, 15) is 9.59 Å². The third-order valence-corrected chi connectivity index (χ3v) is 5.75. The Morgan fingerprint density at radius 2 is 1.71 bits per heavy atom. The standard InChI is InChI=1S/C25H18ClN3O2/c1-15-7-12-22-19(13-15)20(24(30)28(22)2)14-23-27-21-6-4-3-5-18(21)25(31)29(23)17-10-8-16(26)9-11-17/h3-14H,1-2H3. The number of aromatic nitrogens is 2. The molecule has 0 bridgehead atoms. The van der Waals surface area contributed by atoms with Crippen LogP contribution >= 0.6 is 11.6 Å². The molecular formula is C25H18ClN3O2. The van der Waals surface area contributed by atoms with Crippen molar-refractivity contribution >= 4 is 45.7 Å². The monoisotopic (exact) mass is 427 g/mol. The number of nitrogens with zero attached hydrogens (tertiary/aromatic N) is 3. The average Bonchev–Trinajstić information content (AvgIpc) is 2.99. The fraction of sp³-hybridized carbons (Fsp3) is 0.0800. The average molecular weight is 428 g/mol. The number of fused-ring (bicyclic) bond motifs is 2. The highest BCUT2D eigenvalue weighted by Gasteiger charge is 2.30. The van der Waals surface area contributed by atoms with Crippen LogP contribution in [0, 0.1) is 6.92 Å². The Labute approximate surface area is 183 Å². The summed E-state index contributed by atoms with van der Waals surface area (Å²) in [5.41, 5.74) is 4.22. The Balaban J connectivity index is 1.82. The summed E-state index contributed by atoms with van der Waals surface area (Å²) >= 11 is 6.05. The summed E-state index contributed by atoms with van der Waals surface area (Å²) in [4.78, 5) is 32.8. The maximum Gasteiger partial charge on any atom is 0.266 e. The van der Waals surface area contributed by atoms with Crippen LogP contribution in [0.3, 0.4) is 0 Å². The van der Waals surface area contributed by atoms with Crippen molar-refractivity contribution in [3.05, 3.63) is 99.1 Å². The second-order valence-corrected chi connectivity index (χ2v) is 7.98. The maximum absolute atomic E-state index is 13.4. The molecule has 0 fully saturated rings. The molecular weight excluding hydrogens is 410 g/mol. The van der Waals surface area contributed by atoms with E-state index in [1.54, 1.807) is 54.4 Å². The second kappa shape index (κ2) is 7.22. The molecule has 2 heterocycles. The topological polar surface area (TPSA) is 55.2 Å². The number of carbonyl (C=O) groups is 1. The largest absolute Gasteiger partial charge is 0.311 e. The van der Waals surface area contributed by atoms with Gasteiger partial charge in [0.2, 0.25) is 0 Å². The van der Waals surface area contributed by atoms with Gasteiger partial charge in [-0.2, -0.15) is 0 Å². The number of carbonyl (C=O) groups excluding carboxylic acids is 1. The lowest BCUT2D eigenvalue weighted by molar-refractivity contribution is -0.112. The van der Waals surface area contributed by atoms with Crippen LogP contribution in [0.4, 0.5) is 5.69 Å². The van der Waals surface area contributed by atoms with Crippen LogP contribution in [-0.2, 0) is 4.79 Å². The molecule has 0 saturated carbocycles.